The Morgan fingerprint density at radius 3 is 1.75 bits per heavy atom. The van der Waals surface area contributed by atoms with Crippen LogP contribution >= 0.6 is 7.37 Å². The van der Waals surface area contributed by atoms with Gasteiger partial charge in [0.25, 0.3) is 0 Å². The summed E-state index contributed by atoms with van der Waals surface area (Å²) in [5.74, 6) is 0.737. The topological polar surface area (TPSA) is 49.8 Å². The highest BCUT2D eigenvalue weighted by Gasteiger charge is 2.30. The molecule has 0 spiro atoms. The summed E-state index contributed by atoms with van der Waals surface area (Å²) in [6.45, 7) is 13.3. The van der Waals surface area contributed by atoms with Gasteiger partial charge in [0, 0.05) is 7.05 Å². The fourth-order valence-electron chi connectivity index (χ4n) is 4.71. The van der Waals surface area contributed by atoms with Crippen molar-refractivity contribution in [1.29, 1.82) is 0 Å². The van der Waals surface area contributed by atoms with Crippen molar-refractivity contribution in [1.82, 2.24) is 0 Å². The third-order valence-corrected chi connectivity index (χ3v) is 9.15. The maximum atomic E-state index is 14.1. The van der Waals surface area contributed by atoms with Crippen LogP contribution in [-0.4, -0.2) is 11.9 Å². The van der Waals surface area contributed by atoms with E-state index in [1.807, 2.05) is 84.7 Å². The van der Waals surface area contributed by atoms with Crippen LogP contribution in [-0.2, 0) is 28.2 Å². The predicted molar refractivity (Wildman–Crippen MR) is 169 cm³/mol. The van der Waals surface area contributed by atoms with E-state index in [9.17, 15) is 9.46 Å². The molecular weight excluding hydrogens is 513 g/mol. The quantitative estimate of drug-likeness (QED) is 0.221. The van der Waals surface area contributed by atoms with Gasteiger partial charge >= 0.3 is 0 Å². The Morgan fingerprint density at radius 2 is 1.20 bits per heavy atom. The van der Waals surface area contributed by atoms with Gasteiger partial charge in [0.15, 0.2) is 0 Å². The average molecular weight is 556 g/mol. The van der Waals surface area contributed by atoms with Gasteiger partial charge in [-0.25, -0.2) is 0 Å². The number of benzene rings is 4. The van der Waals surface area contributed by atoms with E-state index in [0.29, 0.717) is 17.6 Å². The lowest BCUT2D eigenvalue weighted by Crippen LogP contribution is -2.23. The second-order valence-corrected chi connectivity index (χ2v) is 14.8. The van der Waals surface area contributed by atoms with Gasteiger partial charge in [-0.15, -0.1) is 0 Å². The van der Waals surface area contributed by atoms with Crippen LogP contribution in [0, 0.1) is 0 Å². The first-order valence-electron chi connectivity index (χ1n) is 13.8. The molecule has 1 atom stereocenters. The van der Waals surface area contributed by atoms with Crippen molar-refractivity contribution < 1.29 is 14.2 Å². The third kappa shape index (κ3) is 7.05. The Kier molecular flexibility index (Phi) is 8.63. The smallest absolute Gasteiger partial charge is 0.235 e. The molecule has 0 fully saturated rings. The summed E-state index contributed by atoms with van der Waals surface area (Å²) in [6.07, 6.45) is 0.0720. The molecule has 0 aromatic heterocycles. The van der Waals surface area contributed by atoms with Gasteiger partial charge in [-0.3, -0.25) is 4.57 Å². The molecule has 4 nitrogen and oxygen atoms in total. The monoisotopic (exact) mass is 555 g/mol. The lowest BCUT2D eigenvalue weighted by molar-refractivity contribution is 0.306. The van der Waals surface area contributed by atoms with E-state index in [4.69, 9.17) is 4.74 Å². The maximum Gasteiger partial charge on any atom is 0.235 e. The minimum Gasteiger partial charge on any atom is -0.487 e. The summed E-state index contributed by atoms with van der Waals surface area (Å²) in [7, 11) is -1.83. The van der Waals surface area contributed by atoms with Crippen LogP contribution in [0.4, 0.5) is 11.4 Å². The Bertz CT molecular complexity index is 1490. The minimum absolute atomic E-state index is 0.0576. The molecule has 0 heterocycles. The molecule has 0 amide bonds. The van der Waals surface area contributed by atoms with Gasteiger partial charge in [0.05, 0.1) is 22.8 Å². The van der Waals surface area contributed by atoms with Gasteiger partial charge < -0.3 is 14.5 Å². The largest absolute Gasteiger partial charge is 0.487 e. The van der Waals surface area contributed by atoms with Gasteiger partial charge in [-0.1, -0.05) is 114 Å². The van der Waals surface area contributed by atoms with E-state index in [1.165, 1.54) is 0 Å². The van der Waals surface area contributed by atoms with Crippen LogP contribution in [0.15, 0.2) is 97.1 Å². The van der Waals surface area contributed by atoms with Crippen molar-refractivity contribution in [3.05, 3.63) is 119 Å². The molecular formula is C35H42NO3P. The molecule has 0 radical (unpaired) electrons. The van der Waals surface area contributed by atoms with Crippen LogP contribution in [0.1, 0.15) is 63.8 Å². The highest BCUT2D eigenvalue weighted by atomic mass is 31.2. The summed E-state index contributed by atoms with van der Waals surface area (Å²) in [6, 6.07) is 31.9. The highest BCUT2D eigenvalue weighted by molar-refractivity contribution is 7.65. The summed E-state index contributed by atoms with van der Waals surface area (Å²) < 4.78 is 20.5. The first-order valence-corrected chi connectivity index (χ1v) is 15.7. The summed E-state index contributed by atoms with van der Waals surface area (Å²) in [5, 5.41) is 0.459. The molecule has 210 valence electrons. The van der Waals surface area contributed by atoms with Crippen LogP contribution in [0.5, 0.6) is 5.75 Å². The van der Waals surface area contributed by atoms with Gasteiger partial charge in [-0.2, -0.15) is 0 Å². The lowest BCUT2D eigenvalue weighted by Gasteiger charge is -2.30. The van der Waals surface area contributed by atoms with Crippen molar-refractivity contribution in [3.63, 3.8) is 0 Å². The average Bonchev–Trinajstić information content (AvgIpc) is 2.91. The van der Waals surface area contributed by atoms with E-state index in [0.717, 1.165) is 33.7 Å². The summed E-state index contributed by atoms with van der Waals surface area (Å²) in [5.41, 5.74) is 5.41. The maximum absolute atomic E-state index is 14.1. The number of hydrogen-bond donors (Lipinski definition) is 1. The van der Waals surface area contributed by atoms with Crippen molar-refractivity contribution in [2.45, 2.75) is 65.1 Å². The van der Waals surface area contributed by atoms with E-state index >= 15 is 0 Å². The van der Waals surface area contributed by atoms with Gasteiger partial charge in [-0.05, 0) is 57.3 Å². The molecule has 0 aliphatic heterocycles. The summed E-state index contributed by atoms with van der Waals surface area (Å²) in [4.78, 5) is 13.6. The molecule has 5 heteroatoms. The zero-order valence-electron chi connectivity index (χ0n) is 24.8. The highest BCUT2D eigenvalue weighted by Crippen LogP contribution is 2.48. The Hall–Kier alpha value is -3.33. The molecule has 40 heavy (non-hydrogen) atoms. The van der Waals surface area contributed by atoms with Crippen LogP contribution in [0.3, 0.4) is 0 Å². The minimum atomic E-state index is -3.77. The molecule has 0 bridgehead atoms. The fourth-order valence-corrected chi connectivity index (χ4v) is 6.51. The van der Waals surface area contributed by atoms with Crippen LogP contribution in [0.2, 0.25) is 0 Å². The molecule has 1 N–H and O–H groups in total. The molecule has 4 aromatic rings. The number of hydrogen-bond acceptors (Lipinski definition) is 3. The number of anilines is 2. The van der Waals surface area contributed by atoms with Gasteiger partial charge in [0.2, 0.25) is 7.37 Å². The first kappa shape index (κ1) is 29.6. The summed E-state index contributed by atoms with van der Waals surface area (Å²) >= 11 is 0. The third-order valence-electron chi connectivity index (χ3n) is 7.24. The SMILES string of the molecule is CN(c1ccc(C(C)(C)C)cc1OCc1ccccc1)c1ccc(C(C)(C)C)cc1P(=O)(O)Cc1ccccc1. The first-order chi connectivity index (χ1) is 18.8. The fraction of sp³-hybridized carbons (Fsp3) is 0.314. The second-order valence-electron chi connectivity index (χ2n) is 12.6. The van der Waals surface area contributed by atoms with Crippen LogP contribution in [0.25, 0.3) is 0 Å². The van der Waals surface area contributed by atoms with Crippen molar-refractivity contribution in [2.24, 2.45) is 0 Å². The van der Waals surface area contributed by atoms with Crippen molar-refractivity contribution in [3.8, 4) is 5.75 Å². The van der Waals surface area contributed by atoms with E-state index in [-0.39, 0.29) is 17.0 Å². The van der Waals surface area contributed by atoms with E-state index in [1.54, 1.807) is 0 Å². The number of nitrogens with zero attached hydrogens (tertiary/aromatic N) is 1. The molecule has 4 rings (SSSR count). The Morgan fingerprint density at radius 1 is 0.700 bits per heavy atom. The molecule has 0 saturated heterocycles. The van der Waals surface area contributed by atoms with E-state index < -0.39 is 7.37 Å². The standard InChI is InChI=1S/C35H42NO3P/c1-34(2,3)28-18-20-30(32(22-28)39-24-26-14-10-8-11-15-26)36(7)31-21-19-29(35(4,5)6)23-33(31)40(37,38)25-27-16-12-9-13-17-27/h8-23H,24-25H2,1-7H3,(H,37,38). The van der Waals surface area contributed by atoms with Crippen molar-refractivity contribution in [2.75, 3.05) is 11.9 Å². The predicted octanol–water partition coefficient (Wildman–Crippen LogP) is 8.72. The second kappa shape index (κ2) is 11.6. The molecule has 0 aliphatic rings. The normalized spacial score (nSPS) is 13.5. The molecule has 1 unspecified atom stereocenters. The zero-order chi connectivity index (χ0) is 29.1. The number of rotatable bonds is 8. The Balaban J connectivity index is 1.81. The zero-order valence-corrected chi connectivity index (χ0v) is 25.7. The molecule has 0 saturated carbocycles. The lowest BCUT2D eigenvalue weighted by atomic mass is 9.86. The Labute approximate surface area is 240 Å². The van der Waals surface area contributed by atoms with E-state index in [2.05, 4.69) is 65.8 Å². The molecule has 4 aromatic carbocycles. The van der Waals surface area contributed by atoms with Crippen molar-refractivity contribution >= 4 is 24.0 Å². The van der Waals surface area contributed by atoms with Gasteiger partial charge in [0.1, 0.15) is 12.4 Å². The molecule has 0 aliphatic carbocycles. The number of ether oxygens (including phenoxy) is 1. The van der Waals surface area contributed by atoms with Crippen LogP contribution < -0.4 is 14.9 Å².